The van der Waals surface area contributed by atoms with Crippen molar-refractivity contribution in [1.82, 2.24) is 4.90 Å². The van der Waals surface area contributed by atoms with Crippen molar-refractivity contribution >= 4 is 17.9 Å². The summed E-state index contributed by atoms with van der Waals surface area (Å²) >= 11 is 0. The number of carbonyl (C=O) groups is 2. The average Bonchev–Trinajstić information content (AvgIpc) is 2.46. The van der Waals surface area contributed by atoms with E-state index in [9.17, 15) is 14.7 Å². The molecule has 0 aliphatic carbocycles. The lowest BCUT2D eigenvalue weighted by Crippen LogP contribution is -2.36. The summed E-state index contributed by atoms with van der Waals surface area (Å²) < 4.78 is 5.30. The van der Waals surface area contributed by atoms with E-state index in [1.54, 1.807) is 44.2 Å². The zero-order chi connectivity index (χ0) is 17.4. The van der Waals surface area contributed by atoms with Crippen LogP contribution in [0, 0.1) is 0 Å². The molecule has 0 fully saturated rings. The molecule has 124 valence electrons. The number of rotatable bonds is 7. The smallest absolute Gasteiger partial charge is 0.415 e. The van der Waals surface area contributed by atoms with E-state index in [0.717, 1.165) is 0 Å². The third-order valence-corrected chi connectivity index (χ3v) is 2.98. The second kappa shape index (κ2) is 8.63. The van der Waals surface area contributed by atoms with Gasteiger partial charge in [0, 0.05) is 25.2 Å². The molecule has 0 radical (unpaired) electrons. The van der Waals surface area contributed by atoms with Crippen LogP contribution in [-0.4, -0.2) is 41.3 Å². The Labute approximate surface area is 136 Å². The number of amides is 2. The second-order valence-corrected chi connectivity index (χ2v) is 5.09. The number of hydrogen-bond donors (Lipinski definition) is 1. The number of carboxylic acid groups (broad SMARTS) is 1. The normalized spacial score (nSPS) is 10.0. The topological polar surface area (TPSA) is 70.1 Å². The molecular formula is C17H22N2O4. The van der Waals surface area contributed by atoms with Crippen molar-refractivity contribution in [2.75, 3.05) is 18.0 Å². The third kappa shape index (κ3) is 5.18. The Bertz CT molecular complexity index is 574. The van der Waals surface area contributed by atoms with Gasteiger partial charge in [-0.25, -0.2) is 9.59 Å². The molecule has 1 aromatic carbocycles. The maximum absolute atomic E-state index is 12.1. The maximum Gasteiger partial charge on any atom is 0.415 e. The van der Waals surface area contributed by atoms with Crippen LogP contribution in [0.15, 0.2) is 49.6 Å². The van der Waals surface area contributed by atoms with Crippen molar-refractivity contribution in [2.24, 2.45) is 0 Å². The van der Waals surface area contributed by atoms with Crippen LogP contribution in [0.25, 0.3) is 0 Å². The molecule has 0 aromatic heterocycles. The van der Waals surface area contributed by atoms with E-state index in [-0.39, 0.29) is 11.8 Å². The van der Waals surface area contributed by atoms with Crippen molar-refractivity contribution in [3.8, 4) is 5.75 Å². The van der Waals surface area contributed by atoms with Gasteiger partial charge in [-0.15, -0.1) is 13.2 Å². The van der Waals surface area contributed by atoms with Gasteiger partial charge < -0.3 is 14.7 Å². The lowest BCUT2D eigenvalue weighted by atomic mass is 10.2. The molecule has 6 heteroatoms. The minimum atomic E-state index is -1.07. The molecule has 0 unspecified atom stereocenters. The van der Waals surface area contributed by atoms with Crippen LogP contribution in [-0.2, 0) is 0 Å². The van der Waals surface area contributed by atoms with Crippen LogP contribution >= 0.6 is 0 Å². The van der Waals surface area contributed by atoms with E-state index in [0.29, 0.717) is 18.8 Å². The first-order chi connectivity index (χ1) is 10.9. The van der Waals surface area contributed by atoms with Gasteiger partial charge in [-0.05, 0) is 26.0 Å². The van der Waals surface area contributed by atoms with Gasteiger partial charge in [0.15, 0.2) is 0 Å². The summed E-state index contributed by atoms with van der Waals surface area (Å²) in [5.74, 6) is 0.275. The molecule has 2 amide bonds. The number of anilines is 1. The van der Waals surface area contributed by atoms with Crippen molar-refractivity contribution in [1.29, 1.82) is 0 Å². The molecule has 1 aromatic rings. The van der Waals surface area contributed by atoms with E-state index < -0.39 is 12.2 Å². The van der Waals surface area contributed by atoms with Crippen LogP contribution in [0.5, 0.6) is 5.75 Å². The molecule has 23 heavy (non-hydrogen) atoms. The highest BCUT2D eigenvalue weighted by atomic mass is 16.6. The van der Waals surface area contributed by atoms with E-state index in [2.05, 4.69) is 13.2 Å². The molecule has 0 bridgehead atoms. The Balaban J connectivity index is 2.95. The van der Waals surface area contributed by atoms with Gasteiger partial charge in [0.25, 0.3) is 0 Å². The van der Waals surface area contributed by atoms with Crippen molar-refractivity contribution in [3.05, 3.63) is 49.6 Å². The molecule has 6 nitrogen and oxygen atoms in total. The molecule has 1 rings (SSSR count). The summed E-state index contributed by atoms with van der Waals surface area (Å²) in [4.78, 5) is 26.1. The third-order valence-electron chi connectivity index (χ3n) is 2.98. The highest BCUT2D eigenvalue weighted by molar-refractivity contribution is 5.87. The Hall–Kier alpha value is -2.76. The molecule has 0 aliphatic heterocycles. The Morgan fingerprint density at radius 2 is 1.87 bits per heavy atom. The van der Waals surface area contributed by atoms with Gasteiger partial charge in [-0.3, -0.25) is 4.90 Å². The zero-order valence-corrected chi connectivity index (χ0v) is 13.4. The van der Waals surface area contributed by atoms with E-state index in [1.807, 2.05) is 0 Å². The van der Waals surface area contributed by atoms with Gasteiger partial charge in [-0.2, -0.15) is 0 Å². The van der Waals surface area contributed by atoms with Crippen LogP contribution in [0.3, 0.4) is 0 Å². The molecular weight excluding hydrogens is 296 g/mol. The number of nitrogens with zero attached hydrogens (tertiary/aromatic N) is 2. The maximum atomic E-state index is 12.1. The Morgan fingerprint density at radius 1 is 1.26 bits per heavy atom. The van der Waals surface area contributed by atoms with Crippen LogP contribution in [0.2, 0.25) is 0 Å². The predicted molar refractivity (Wildman–Crippen MR) is 90.1 cm³/mol. The fraction of sp³-hybridized carbons (Fsp3) is 0.294. The van der Waals surface area contributed by atoms with Gasteiger partial charge in [0.05, 0.1) is 5.69 Å². The van der Waals surface area contributed by atoms with Gasteiger partial charge in [0.2, 0.25) is 0 Å². The molecule has 0 saturated heterocycles. The van der Waals surface area contributed by atoms with Crippen molar-refractivity contribution < 1.29 is 19.4 Å². The lowest BCUT2D eigenvalue weighted by Gasteiger charge is -2.24. The average molecular weight is 318 g/mol. The highest BCUT2D eigenvalue weighted by Crippen LogP contribution is 2.23. The summed E-state index contributed by atoms with van der Waals surface area (Å²) in [7, 11) is 0. The predicted octanol–water partition coefficient (Wildman–Crippen LogP) is 3.75. The largest absolute Gasteiger partial charge is 0.465 e. The van der Waals surface area contributed by atoms with Gasteiger partial charge >= 0.3 is 12.2 Å². The van der Waals surface area contributed by atoms with Crippen LogP contribution in [0.4, 0.5) is 15.3 Å². The fourth-order valence-electron chi connectivity index (χ4n) is 2.03. The van der Waals surface area contributed by atoms with Crippen molar-refractivity contribution in [2.45, 2.75) is 19.9 Å². The molecule has 0 saturated carbocycles. The minimum Gasteiger partial charge on any atom is -0.465 e. The summed E-state index contributed by atoms with van der Waals surface area (Å²) in [5.41, 5.74) is 0.441. The quantitative estimate of drug-likeness (QED) is 0.777. The summed E-state index contributed by atoms with van der Waals surface area (Å²) in [6.45, 7) is 11.4. The lowest BCUT2D eigenvalue weighted by molar-refractivity contribution is 0.162. The van der Waals surface area contributed by atoms with E-state index in [1.165, 1.54) is 15.9 Å². The number of benzene rings is 1. The van der Waals surface area contributed by atoms with Crippen LogP contribution < -0.4 is 9.64 Å². The summed E-state index contributed by atoms with van der Waals surface area (Å²) in [5, 5.41) is 9.29. The highest BCUT2D eigenvalue weighted by Gasteiger charge is 2.19. The summed E-state index contributed by atoms with van der Waals surface area (Å²) in [6.07, 6.45) is 1.56. The minimum absolute atomic E-state index is 0.239. The standard InChI is InChI=1S/C17H22N2O4/c1-5-10-18(11-6-2)17(22)23-15-9-7-8-14(12-15)19(13(3)4)16(20)21/h5-9,12-13H,1-2,10-11H2,3-4H3,(H,20,21). The number of hydrogen-bond acceptors (Lipinski definition) is 3. The van der Waals surface area contributed by atoms with E-state index >= 15 is 0 Å². The van der Waals surface area contributed by atoms with E-state index in [4.69, 9.17) is 4.74 Å². The fourth-order valence-corrected chi connectivity index (χ4v) is 2.03. The first-order valence-electron chi connectivity index (χ1n) is 7.21. The molecule has 1 N–H and O–H groups in total. The summed E-state index contributed by atoms with van der Waals surface area (Å²) in [6, 6.07) is 6.17. The van der Waals surface area contributed by atoms with Crippen molar-refractivity contribution in [3.63, 3.8) is 0 Å². The Morgan fingerprint density at radius 3 is 2.35 bits per heavy atom. The number of ether oxygens (including phenoxy) is 1. The first-order valence-corrected chi connectivity index (χ1v) is 7.21. The zero-order valence-electron chi connectivity index (χ0n) is 13.4. The SMILES string of the molecule is C=CCN(CC=C)C(=O)Oc1cccc(N(C(=O)O)C(C)C)c1. The molecule has 0 atom stereocenters. The Kier molecular flexibility index (Phi) is 6.86. The number of carbonyl (C=O) groups excluding carboxylic acids is 1. The van der Waals surface area contributed by atoms with Gasteiger partial charge in [0.1, 0.15) is 5.75 Å². The van der Waals surface area contributed by atoms with Gasteiger partial charge in [-0.1, -0.05) is 18.2 Å². The second-order valence-electron chi connectivity index (χ2n) is 5.09. The molecule has 0 aliphatic rings. The van der Waals surface area contributed by atoms with Crippen LogP contribution in [0.1, 0.15) is 13.8 Å². The molecule has 0 spiro atoms. The molecule has 0 heterocycles. The first kappa shape index (κ1) is 18.3. The monoisotopic (exact) mass is 318 g/mol.